The third-order valence-electron chi connectivity index (χ3n) is 15.2. The summed E-state index contributed by atoms with van der Waals surface area (Å²) in [4.78, 5) is 55.0. The van der Waals surface area contributed by atoms with Crippen LogP contribution in [0.25, 0.3) is 33.8 Å². The summed E-state index contributed by atoms with van der Waals surface area (Å²) in [7, 11) is -17.6. The monoisotopic (exact) mass is 1590 g/mol. The molecule has 8 aromatic heterocycles. The summed E-state index contributed by atoms with van der Waals surface area (Å²) in [5.74, 6) is -1.36. The van der Waals surface area contributed by atoms with E-state index in [1.807, 2.05) is 0 Å². The summed E-state index contributed by atoms with van der Waals surface area (Å²) in [6.45, 7) is -3.46. The maximum Gasteiger partial charge on any atom is 0.436 e. The van der Waals surface area contributed by atoms with Gasteiger partial charge in [-0.05, 0) is 81.5 Å². The maximum absolute atomic E-state index is 13.1. The molecule has 4 N–H and O–H groups in total. The molecule has 3 atom stereocenters. The summed E-state index contributed by atoms with van der Waals surface area (Å²) in [6.07, 6.45) is 16.2. The first-order valence-electron chi connectivity index (χ1n) is 30.8. The smallest absolute Gasteiger partial charge is 0.390 e. The number of imidazole rings is 4. The van der Waals surface area contributed by atoms with Crippen LogP contribution < -0.4 is 0 Å². The quantitative estimate of drug-likeness (QED) is 0.0179. The Hall–Kier alpha value is -12.0. The first kappa shape index (κ1) is 81.7. The van der Waals surface area contributed by atoms with Gasteiger partial charge in [0.1, 0.15) is 73.3 Å². The molecule has 0 aliphatic carbocycles. The zero-order valence-electron chi connectivity index (χ0n) is 55.3. The third kappa shape index (κ3) is 22.8. The van der Waals surface area contributed by atoms with E-state index in [9.17, 15) is 101 Å². The Bertz CT molecular complexity index is 5380. The molecule has 11 rings (SSSR count). The van der Waals surface area contributed by atoms with E-state index in [-0.39, 0.29) is 107 Å². The average molecular weight is 1590 g/mol. The highest BCUT2D eigenvalue weighted by molar-refractivity contribution is 7.87. The van der Waals surface area contributed by atoms with Gasteiger partial charge >= 0.3 is 23.8 Å². The third-order valence-corrected chi connectivity index (χ3v) is 19.9. The van der Waals surface area contributed by atoms with Gasteiger partial charge in [-0.25, -0.2) is 41.4 Å². The van der Waals surface area contributed by atoms with Gasteiger partial charge < -0.3 is 40.5 Å². The van der Waals surface area contributed by atoms with E-state index in [2.05, 4.69) is 61.2 Å². The van der Waals surface area contributed by atoms with Gasteiger partial charge in [-0.1, -0.05) is 95.4 Å². The van der Waals surface area contributed by atoms with Crippen molar-refractivity contribution in [3.8, 4) is 33.8 Å². The molecule has 0 aliphatic heterocycles. The van der Waals surface area contributed by atoms with Crippen molar-refractivity contribution in [2.75, 3.05) is 20.0 Å². The number of aromatic nitrogens is 20. The number of nitro groups is 4. The van der Waals surface area contributed by atoms with Crippen molar-refractivity contribution >= 4 is 64.3 Å². The van der Waals surface area contributed by atoms with Crippen LogP contribution in [-0.4, -0.2) is 206 Å². The van der Waals surface area contributed by atoms with Gasteiger partial charge in [0.05, 0.1) is 71.2 Å². The van der Waals surface area contributed by atoms with Crippen LogP contribution in [0.4, 0.5) is 41.4 Å². The second-order valence-corrected chi connectivity index (χ2v) is 29.2. The molecule has 0 saturated heterocycles. The van der Waals surface area contributed by atoms with Crippen molar-refractivity contribution in [2.45, 2.75) is 98.9 Å². The van der Waals surface area contributed by atoms with Gasteiger partial charge in [-0.15, -0.1) is 20.4 Å². The van der Waals surface area contributed by atoms with E-state index in [0.29, 0.717) is 44.9 Å². The van der Waals surface area contributed by atoms with Crippen LogP contribution in [0.1, 0.15) is 48.1 Å². The zero-order valence-corrected chi connectivity index (χ0v) is 58.6. The standard InChI is InChI=1S/C17H19FN6O5S.C16H17FN6O5S.C13H11FN6O5S.C10H13FN6O5S/c18-7-1-2-15(30(27,28)29)10-13-3-5-14(6-4-13)16-11-23(21-20-16)12-22-9-8-19-17(22)24(25)26;17-6-5-14(29(26,27)28)9-12-1-3-13(4-2-12)15-10-22(20-19-15)11-21-8-7-18-16(21)23(24)25;14-6-10-5-9(1-2-12(10)26(23,24)25)11-7-19(17-16-11)8-18-4-3-15-13(18)20(21)22;11-2-1-9(23(20,21)22)5-8-6-16(14-13-8)7-15-4-3-12-10(15)17(18)19/h3-6,8-9,11,15H,1-2,7,10,12H2,(H,27,28,29);1-4,7-8,10,14H,5-6,9,11H2,(H,26,27,28);1-5,7H,6,8H2,(H,23,24,25);3-4,6,9H,1-2,5,7H2,(H,20,21,22)/i18-1;17-1;14-1;11-1. The van der Waals surface area contributed by atoms with Crippen LogP contribution in [0.2, 0.25) is 0 Å². The molecule has 576 valence electrons. The Labute approximate surface area is 605 Å². The normalized spacial score (nSPS) is 12.6. The van der Waals surface area contributed by atoms with Gasteiger partial charge in [0.15, 0.2) is 26.7 Å². The SMILES string of the molecule is O=[N+]([O-])c1nccn1Cn1cc(-c2ccc(CC(CCC[18F])S(=O)(=O)O)cc2)nn1.O=[N+]([O-])c1nccn1Cn1cc(-c2ccc(CC(CC[18F])S(=O)(=O)O)cc2)nn1.O=[N+]([O-])c1nccn1Cn1cc(-c2ccc(S(=O)(=O)O)c(C[18F])c2)nn1.O=[N+]([O-])c1nccn1Cn1cc(CC(CC[18F])S(=O)(=O)O)nn1. The highest BCUT2D eigenvalue weighted by Crippen LogP contribution is 2.27. The van der Waals surface area contributed by atoms with Crippen LogP contribution in [0.15, 0.2) is 146 Å². The molecule has 8 heterocycles. The molecule has 0 amide bonds. The second kappa shape index (κ2) is 36.3. The van der Waals surface area contributed by atoms with E-state index >= 15 is 0 Å². The van der Waals surface area contributed by atoms with Crippen molar-refractivity contribution in [1.82, 2.24) is 98.2 Å². The van der Waals surface area contributed by atoms with Gasteiger partial charge in [0.25, 0.3) is 40.5 Å². The van der Waals surface area contributed by atoms with Crippen LogP contribution in [0, 0.1) is 40.5 Å². The minimum atomic E-state index is -4.54. The highest BCUT2D eigenvalue weighted by Gasteiger charge is 2.28. The minimum Gasteiger partial charge on any atom is -0.390 e. The Balaban J connectivity index is 0.000000182. The lowest BCUT2D eigenvalue weighted by Gasteiger charge is -2.13. The van der Waals surface area contributed by atoms with Crippen LogP contribution in [0.3, 0.4) is 0 Å². The number of benzene rings is 3. The molecule has 0 spiro atoms. The number of hydrogen-bond donors (Lipinski definition) is 4. The summed E-state index contributed by atoms with van der Waals surface area (Å²) in [6, 6.07) is 17.2. The number of nitrogens with zero attached hydrogens (tertiary/aromatic N) is 24. The Morgan fingerprint density at radius 1 is 0.407 bits per heavy atom. The van der Waals surface area contributed by atoms with Crippen LogP contribution in [-0.2, 0) is 93.1 Å². The molecule has 0 aliphatic rings. The van der Waals surface area contributed by atoms with Crippen molar-refractivity contribution in [3.63, 3.8) is 0 Å². The first-order valence-corrected chi connectivity index (χ1v) is 36.7. The molecule has 52 heteroatoms. The molecular weight excluding hydrogens is 1530 g/mol. The van der Waals surface area contributed by atoms with Crippen molar-refractivity contribution < 1.29 is 89.1 Å². The van der Waals surface area contributed by atoms with E-state index in [4.69, 9.17) is 9.11 Å². The fraction of sp³-hybridized carbons (Fsp3) is 0.321. The van der Waals surface area contributed by atoms with Crippen LogP contribution in [0.5, 0.6) is 0 Å². The largest absolute Gasteiger partial charge is 0.436 e. The lowest BCUT2D eigenvalue weighted by molar-refractivity contribution is -0.397. The molecule has 0 radical (unpaired) electrons. The molecular formula is C56H60F4N24O20S4. The number of rotatable bonds is 33. The minimum absolute atomic E-state index is 0.0139. The Morgan fingerprint density at radius 2 is 0.731 bits per heavy atom. The molecule has 11 aromatic rings. The zero-order chi connectivity index (χ0) is 78.7. The predicted octanol–water partition coefficient (Wildman–Crippen LogP) is 5.14. The molecule has 3 aromatic carbocycles. The Morgan fingerprint density at radius 3 is 1.06 bits per heavy atom. The molecule has 0 bridgehead atoms. The van der Waals surface area contributed by atoms with Gasteiger partial charge in [0.2, 0.25) is 0 Å². The van der Waals surface area contributed by atoms with Crippen LogP contribution >= 0.6 is 0 Å². The summed E-state index contributed by atoms with van der Waals surface area (Å²) in [5.41, 5.74) is 4.37. The predicted molar refractivity (Wildman–Crippen MR) is 362 cm³/mol. The fourth-order valence-corrected chi connectivity index (χ4v) is 13.2. The van der Waals surface area contributed by atoms with Crippen molar-refractivity contribution in [1.29, 1.82) is 0 Å². The summed E-state index contributed by atoms with van der Waals surface area (Å²) in [5, 5.41) is 71.0. The van der Waals surface area contributed by atoms with Gasteiger partial charge in [-0.3, -0.25) is 31.4 Å². The number of hydrogen-bond acceptors (Lipinski definition) is 28. The topological polar surface area (TPSA) is 584 Å². The lowest BCUT2D eigenvalue weighted by Crippen LogP contribution is -2.24. The summed E-state index contributed by atoms with van der Waals surface area (Å²) < 4.78 is 188. The van der Waals surface area contributed by atoms with Gasteiger partial charge in [0, 0.05) is 28.7 Å². The molecule has 0 saturated carbocycles. The van der Waals surface area contributed by atoms with Gasteiger partial charge in [-0.2, -0.15) is 33.7 Å². The average Bonchev–Trinajstić information content (AvgIpc) is 1.61. The number of halogens is 4. The van der Waals surface area contributed by atoms with Crippen molar-refractivity contribution in [3.05, 3.63) is 204 Å². The molecule has 3 unspecified atom stereocenters. The number of alkyl halides is 4. The Kier molecular flexibility index (Phi) is 27.5. The molecule has 108 heavy (non-hydrogen) atoms. The van der Waals surface area contributed by atoms with Crippen molar-refractivity contribution in [2.24, 2.45) is 0 Å². The van der Waals surface area contributed by atoms with E-state index in [1.54, 1.807) is 60.9 Å². The van der Waals surface area contributed by atoms with E-state index in [1.165, 1.54) is 111 Å². The maximum atomic E-state index is 13.1. The second-order valence-electron chi connectivity index (χ2n) is 22.7. The van der Waals surface area contributed by atoms with E-state index < -0.39 is 108 Å². The molecule has 44 nitrogen and oxygen atoms in total. The fourth-order valence-electron chi connectivity index (χ4n) is 10.1. The first-order chi connectivity index (χ1) is 51.1. The molecule has 0 fully saturated rings. The highest BCUT2D eigenvalue weighted by atomic mass is 32.2. The summed E-state index contributed by atoms with van der Waals surface area (Å²) >= 11 is 0. The lowest BCUT2D eigenvalue weighted by atomic mass is 10.0. The van der Waals surface area contributed by atoms with E-state index in [0.717, 1.165) is 6.07 Å².